The summed E-state index contributed by atoms with van der Waals surface area (Å²) in [6.45, 7) is 2.46. The van der Waals surface area contributed by atoms with Crippen molar-refractivity contribution in [1.29, 1.82) is 0 Å². The first-order valence-corrected chi connectivity index (χ1v) is 4.65. The molecule has 2 aromatic rings. The van der Waals surface area contributed by atoms with Crippen molar-refractivity contribution in [3.05, 3.63) is 23.8 Å². The van der Waals surface area contributed by atoms with E-state index >= 15 is 0 Å². The van der Waals surface area contributed by atoms with Gasteiger partial charge in [0.15, 0.2) is 5.58 Å². The Hall–Kier alpha value is -2.04. The number of nitrogens with zero attached hydrogens (tertiary/aromatic N) is 1. The average molecular weight is 205 g/mol. The Kier molecular flexibility index (Phi) is 2.29. The van der Waals surface area contributed by atoms with Gasteiger partial charge in [-0.15, -0.1) is 0 Å². The molecule has 0 aliphatic rings. The van der Waals surface area contributed by atoms with Crippen LogP contribution in [0.1, 0.15) is 17.3 Å². The van der Waals surface area contributed by atoms with Crippen LogP contribution in [0.25, 0.3) is 11.1 Å². The van der Waals surface area contributed by atoms with E-state index < -0.39 is 0 Å². The molecule has 1 aromatic heterocycles. The number of carbonyl (C=O) groups excluding carboxylic acids is 1. The van der Waals surface area contributed by atoms with Gasteiger partial charge in [-0.3, -0.25) is 4.79 Å². The zero-order valence-corrected chi connectivity index (χ0v) is 8.28. The Balaban J connectivity index is 2.41. The van der Waals surface area contributed by atoms with Gasteiger partial charge in [0.1, 0.15) is 5.52 Å². The molecular formula is C10H11N3O2. The van der Waals surface area contributed by atoms with Gasteiger partial charge >= 0.3 is 0 Å². The number of carbonyl (C=O) groups is 1. The van der Waals surface area contributed by atoms with Gasteiger partial charge in [-0.1, -0.05) is 0 Å². The van der Waals surface area contributed by atoms with Crippen molar-refractivity contribution >= 4 is 23.0 Å². The number of nitrogen functional groups attached to an aromatic ring is 1. The number of amides is 1. The molecule has 2 rings (SSSR count). The number of rotatable bonds is 2. The fourth-order valence-corrected chi connectivity index (χ4v) is 1.35. The highest BCUT2D eigenvalue weighted by Gasteiger charge is 2.08. The third-order valence-electron chi connectivity index (χ3n) is 2.00. The Morgan fingerprint density at radius 1 is 1.60 bits per heavy atom. The number of anilines is 1. The van der Waals surface area contributed by atoms with Crippen LogP contribution in [0.5, 0.6) is 0 Å². The molecule has 0 atom stereocenters. The number of hydrogen-bond donors (Lipinski definition) is 2. The summed E-state index contributed by atoms with van der Waals surface area (Å²) in [5.41, 5.74) is 7.12. The Morgan fingerprint density at radius 3 is 3.13 bits per heavy atom. The second-order valence-electron chi connectivity index (χ2n) is 3.09. The van der Waals surface area contributed by atoms with E-state index in [0.717, 1.165) is 0 Å². The van der Waals surface area contributed by atoms with E-state index in [1.54, 1.807) is 18.2 Å². The van der Waals surface area contributed by atoms with Crippen LogP contribution >= 0.6 is 0 Å². The summed E-state index contributed by atoms with van der Waals surface area (Å²) >= 11 is 0. The molecule has 15 heavy (non-hydrogen) atoms. The van der Waals surface area contributed by atoms with E-state index in [1.807, 2.05) is 6.92 Å². The molecule has 0 spiro atoms. The Labute approximate surface area is 86.3 Å². The average Bonchev–Trinajstić information content (AvgIpc) is 2.57. The van der Waals surface area contributed by atoms with Crippen LogP contribution in [-0.4, -0.2) is 17.4 Å². The predicted molar refractivity (Wildman–Crippen MR) is 56.4 cm³/mol. The molecule has 0 radical (unpaired) electrons. The standard InChI is InChI=1S/C10H11N3O2/c1-2-12-9(14)6-3-4-7-8(5-6)15-10(11)13-7/h3-5H,2H2,1H3,(H2,11,13)(H,12,14). The van der Waals surface area contributed by atoms with Crippen LogP contribution in [0, 0.1) is 0 Å². The number of nitrogens with two attached hydrogens (primary N) is 1. The lowest BCUT2D eigenvalue weighted by atomic mass is 10.2. The minimum Gasteiger partial charge on any atom is -0.424 e. The van der Waals surface area contributed by atoms with Crippen molar-refractivity contribution in [2.45, 2.75) is 6.92 Å². The highest BCUT2D eigenvalue weighted by molar-refractivity contribution is 5.97. The molecule has 0 saturated carbocycles. The first-order chi connectivity index (χ1) is 7.20. The van der Waals surface area contributed by atoms with Crippen LogP contribution in [-0.2, 0) is 0 Å². The van der Waals surface area contributed by atoms with Crippen LogP contribution in [0.4, 0.5) is 6.01 Å². The van der Waals surface area contributed by atoms with Gasteiger partial charge in [-0.25, -0.2) is 0 Å². The summed E-state index contributed by atoms with van der Waals surface area (Å²) < 4.78 is 5.12. The number of nitrogens with one attached hydrogen (secondary N) is 1. The monoisotopic (exact) mass is 205 g/mol. The maximum absolute atomic E-state index is 11.5. The molecule has 5 heteroatoms. The summed E-state index contributed by atoms with van der Waals surface area (Å²) in [6.07, 6.45) is 0. The summed E-state index contributed by atoms with van der Waals surface area (Å²) in [5.74, 6) is -0.130. The minimum absolute atomic E-state index is 0.109. The van der Waals surface area contributed by atoms with Crippen molar-refractivity contribution in [3.63, 3.8) is 0 Å². The molecule has 1 aromatic carbocycles. The lowest BCUT2D eigenvalue weighted by Gasteiger charge is -2.00. The van der Waals surface area contributed by atoms with Crippen molar-refractivity contribution in [2.24, 2.45) is 0 Å². The molecule has 0 bridgehead atoms. The number of benzene rings is 1. The molecule has 1 heterocycles. The summed E-state index contributed by atoms with van der Waals surface area (Å²) in [6, 6.07) is 5.14. The highest BCUT2D eigenvalue weighted by Crippen LogP contribution is 2.18. The van der Waals surface area contributed by atoms with Gasteiger partial charge in [0.2, 0.25) is 0 Å². The fraction of sp³-hybridized carbons (Fsp3) is 0.200. The molecule has 0 aliphatic heterocycles. The normalized spacial score (nSPS) is 10.5. The maximum atomic E-state index is 11.5. The van der Waals surface area contributed by atoms with Gasteiger partial charge < -0.3 is 15.5 Å². The number of fused-ring (bicyclic) bond motifs is 1. The van der Waals surface area contributed by atoms with Gasteiger partial charge in [0, 0.05) is 12.1 Å². The van der Waals surface area contributed by atoms with Crippen molar-refractivity contribution in [1.82, 2.24) is 10.3 Å². The molecule has 3 N–H and O–H groups in total. The lowest BCUT2D eigenvalue weighted by molar-refractivity contribution is 0.0956. The molecule has 1 amide bonds. The van der Waals surface area contributed by atoms with Gasteiger partial charge in [0.25, 0.3) is 11.9 Å². The predicted octanol–water partition coefficient (Wildman–Crippen LogP) is 1.16. The second kappa shape index (κ2) is 3.61. The topological polar surface area (TPSA) is 81.2 Å². The first-order valence-electron chi connectivity index (χ1n) is 4.65. The minimum atomic E-state index is -0.130. The van der Waals surface area contributed by atoms with E-state index in [4.69, 9.17) is 10.2 Å². The van der Waals surface area contributed by atoms with Crippen molar-refractivity contribution < 1.29 is 9.21 Å². The number of hydrogen-bond acceptors (Lipinski definition) is 4. The quantitative estimate of drug-likeness (QED) is 0.770. The van der Waals surface area contributed by atoms with E-state index in [0.29, 0.717) is 23.2 Å². The van der Waals surface area contributed by atoms with Crippen LogP contribution in [0.15, 0.2) is 22.6 Å². The third kappa shape index (κ3) is 1.76. The molecule has 0 unspecified atom stereocenters. The van der Waals surface area contributed by atoms with E-state index in [2.05, 4.69) is 10.3 Å². The maximum Gasteiger partial charge on any atom is 0.292 e. The SMILES string of the molecule is CCNC(=O)c1ccc2nc(N)oc2c1. The van der Waals surface area contributed by atoms with Crippen LogP contribution < -0.4 is 11.1 Å². The van der Waals surface area contributed by atoms with Crippen molar-refractivity contribution in [2.75, 3.05) is 12.3 Å². The summed E-state index contributed by atoms with van der Waals surface area (Å²) in [7, 11) is 0. The molecule has 0 aliphatic carbocycles. The van der Waals surface area contributed by atoms with E-state index in [-0.39, 0.29) is 11.9 Å². The zero-order valence-electron chi connectivity index (χ0n) is 8.28. The molecule has 5 nitrogen and oxygen atoms in total. The second-order valence-corrected chi connectivity index (χ2v) is 3.09. The first kappa shape index (κ1) is 9.51. The summed E-state index contributed by atoms with van der Waals surface area (Å²) in [4.78, 5) is 15.4. The highest BCUT2D eigenvalue weighted by atomic mass is 16.4. The summed E-state index contributed by atoms with van der Waals surface area (Å²) in [5, 5.41) is 2.70. The van der Waals surface area contributed by atoms with Crippen LogP contribution in [0.2, 0.25) is 0 Å². The van der Waals surface area contributed by atoms with Gasteiger partial charge in [0.05, 0.1) is 0 Å². The fourth-order valence-electron chi connectivity index (χ4n) is 1.35. The lowest BCUT2D eigenvalue weighted by Crippen LogP contribution is -2.22. The molecule has 0 saturated heterocycles. The van der Waals surface area contributed by atoms with Gasteiger partial charge in [-0.05, 0) is 25.1 Å². The van der Waals surface area contributed by atoms with E-state index in [9.17, 15) is 4.79 Å². The van der Waals surface area contributed by atoms with Crippen LogP contribution in [0.3, 0.4) is 0 Å². The van der Waals surface area contributed by atoms with Crippen molar-refractivity contribution in [3.8, 4) is 0 Å². The Morgan fingerprint density at radius 2 is 2.40 bits per heavy atom. The molecule has 0 fully saturated rings. The molecular weight excluding hydrogens is 194 g/mol. The van der Waals surface area contributed by atoms with E-state index in [1.165, 1.54) is 0 Å². The number of oxazole rings is 1. The third-order valence-corrected chi connectivity index (χ3v) is 2.00. The smallest absolute Gasteiger partial charge is 0.292 e. The largest absolute Gasteiger partial charge is 0.424 e. The van der Waals surface area contributed by atoms with Gasteiger partial charge in [-0.2, -0.15) is 4.98 Å². The number of aromatic nitrogens is 1. The zero-order chi connectivity index (χ0) is 10.8. The Bertz CT molecular complexity index is 504. The molecule has 78 valence electrons.